The second kappa shape index (κ2) is 9.78. The monoisotopic (exact) mass is 383 g/mol. The first-order valence-electron chi connectivity index (χ1n) is 9.47. The summed E-state index contributed by atoms with van der Waals surface area (Å²) in [6.07, 6.45) is 4.23. The number of hydrogen-bond donors (Lipinski definition) is 1. The van der Waals surface area contributed by atoms with Crippen LogP contribution in [0.1, 0.15) is 41.6 Å². The molecular formula is C22H25NO5. The van der Waals surface area contributed by atoms with Gasteiger partial charge in [0.2, 0.25) is 0 Å². The van der Waals surface area contributed by atoms with Crippen molar-refractivity contribution in [2.24, 2.45) is 0 Å². The lowest BCUT2D eigenvalue weighted by molar-refractivity contribution is -0.124. The van der Waals surface area contributed by atoms with Crippen LogP contribution < -0.4 is 14.8 Å². The van der Waals surface area contributed by atoms with Gasteiger partial charge in [-0.05, 0) is 36.6 Å². The summed E-state index contributed by atoms with van der Waals surface area (Å²) in [5, 5.41) is 2.89. The zero-order valence-corrected chi connectivity index (χ0v) is 16.0. The van der Waals surface area contributed by atoms with Gasteiger partial charge in [0.25, 0.3) is 5.91 Å². The molecule has 6 nitrogen and oxygen atoms in total. The number of methoxy groups -OCH3 is 1. The molecule has 0 heterocycles. The van der Waals surface area contributed by atoms with Gasteiger partial charge in [-0.15, -0.1) is 0 Å². The first-order chi connectivity index (χ1) is 13.7. The van der Waals surface area contributed by atoms with Crippen molar-refractivity contribution >= 4 is 11.9 Å². The molecule has 28 heavy (non-hydrogen) atoms. The molecular weight excluding hydrogens is 358 g/mol. The molecule has 1 amide bonds. The third kappa shape index (κ3) is 5.49. The minimum atomic E-state index is -0.575. The fraction of sp³-hybridized carbons (Fsp3) is 0.364. The van der Waals surface area contributed by atoms with Crippen molar-refractivity contribution in [2.45, 2.75) is 38.3 Å². The summed E-state index contributed by atoms with van der Waals surface area (Å²) >= 11 is 0. The molecule has 0 radical (unpaired) electrons. The normalized spacial score (nSPS) is 13.8. The van der Waals surface area contributed by atoms with E-state index >= 15 is 0 Å². The van der Waals surface area contributed by atoms with Gasteiger partial charge in [0, 0.05) is 6.04 Å². The van der Waals surface area contributed by atoms with Gasteiger partial charge in [0.1, 0.15) is 6.61 Å². The Morgan fingerprint density at radius 2 is 1.79 bits per heavy atom. The Morgan fingerprint density at radius 1 is 1.04 bits per heavy atom. The topological polar surface area (TPSA) is 73.9 Å². The second-order valence-electron chi connectivity index (χ2n) is 6.76. The predicted octanol–water partition coefficient (Wildman–Crippen LogP) is 3.49. The Hall–Kier alpha value is -3.02. The smallest absolute Gasteiger partial charge is 0.338 e. The number of esters is 1. The molecule has 1 fully saturated rings. The number of nitrogens with one attached hydrogen (secondary N) is 1. The van der Waals surface area contributed by atoms with Crippen LogP contribution in [0.2, 0.25) is 0 Å². The van der Waals surface area contributed by atoms with Crippen molar-refractivity contribution < 1.29 is 23.8 Å². The molecule has 2 aromatic rings. The SMILES string of the molecule is COc1cc(C(=O)OCC(=O)NC2CCCC2)ccc1OCc1ccccc1. The van der Waals surface area contributed by atoms with Gasteiger partial charge in [-0.2, -0.15) is 0 Å². The fourth-order valence-electron chi connectivity index (χ4n) is 3.20. The molecule has 148 valence electrons. The molecule has 0 atom stereocenters. The van der Waals surface area contributed by atoms with Gasteiger partial charge in [0.05, 0.1) is 12.7 Å². The molecule has 0 bridgehead atoms. The molecule has 0 aliphatic heterocycles. The first-order valence-corrected chi connectivity index (χ1v) is 9.47. The van der Waals surface area contributed by atoms with Crippen LogP contribution in [0.3, 0.4) is 0 Å². The van der Waals surface area contributed by atoms with Gasteiger partial charge in [-0.3, -0.25) is 4.79 Å². The molecule has 2 aromatic carbocycles. The lowest BCUT2D eigenvalue weighted by Crippen LogP contribution is -2.35. The third-order valence-corrected chi connectivity index (χ3v) is 4.69. The quantitative estimate of drug-likeness (QED) is 0.707. The molecule has 1 aliphatic carbocycles. The van der Waals surface area contributed by atoms with E-state index in [9.17, 15) is 9.59 Å². The second-order valence-corrected chi connectivity index (χ2v) is 6.76. The summed E-state index contributed by atoms with van der Waals surface area (Å²) in [5.74, 6) is 0.118. The van der Waals surface area contributed by atoms with E-state index < -0.39 is 5.97 Å². The highest BCUT2D eigenvalue weighted by Crippen LogP contribution is 2.29. The standard InChI is InChI=1S/C22H25NO5/c1-26-20-13-17(11-12-19(20)27-14-16-7-3-2-4-8-16)22(25)28-15-21(24)23-18-9-5-6-10-18/h2-4,7-8,11-13,18H,5-6,9-10,14-15H2,1H3,(H,23,24). The van der Waals surface area contributed by atoms with Gasteiger partial charge in [-0.25, -0.2) is 4.79 Å². The predicted molar refractivity (Wildman–Crippen MR) is 104 cm³/mol. The van der Waals surface area contributed by atoms with Crippen LogP contribution in [0, 0.1) is 0 Å². The van der Waals surface area contributed by atoms with E-state index in [-0.39, 0.29) is 18.6 Å². The number of benzene rings is 2. The van der Waals surface area contributed by atoms with E-state index in [0.29, 0.717) is 23.7 Å². The summed E-state index contributed by atoms with van der Waals surface area (Å²) < 4.78 is 16.2. The third-order valence-electron chi connectivity index (χ3n) is 4.69. The maximum atomic E-state index is 12.2. The van der Waals surface area contributed by atoms with Crippen LogP contribution >= 0.6 is 0 Å². The maximum absolute atomic E-state index is 12.2. The van der Waals surface area contributed by atoms with Gasteiger partial charge in [0.15, 0.2) is 18.1 Å². The number of hydrogen-bond acceptors (Lipinski definition) is 5. The molecule has 3 rings (SSSR count). The summed E-state index contributed by atoms with van der Waals surface area (Å²) in [6, 6.07) is 14.8. The van der Waals surface area contributed by atoms with Crippen molar-refractivity contribution in [3.63, 3.8) is 0 Å². The van der Waals surface area contributed by atoms with Crippen LogP contribution in [-0.2, 0) is 16.1 Å². The Bertz CT molecular complexity index is 800. The fourth-order valence-corrected chi connectivity index (χ4v) is 3.20. The van der Waals surface area contributed by atoms with Crippen LogP contribution in [0.15, 0.2) is 48.5 Å². The van der Waals surface area contributed by atoms with E-state index in [2.05, 4.69) is 5.32 Å². The summed E-state index contributed by atoms with van der Waals surface area (Å²) in [4.78, 5) is 24.1. The number of amides is 1. The molecule has 6 heteroatoms. The van der Waals surface area contributed by atoms with Gasteiger partial charge >= 0.3 is 5.97 Å². The lowest BCUT2D eigenvalue weighted by Gasteiger charge is -2.13. The molecule has 0 saturated heterocycles. The molecule has 1 N–H and O–H groups in total. The number of rotatable bonds is 8. The highest BCUT2D eigenvalue weighted by molar-refractivity contribution is 5.92. The van der Waals surface area contributed by atoms with E-state index in [4.69, 9.17) is 14.2 Å². The Balaban J connectivity index is 1.54. The number of carbonyl (C=O) groups excluding carboxylic acids is 2. The number of ether oxygens (including phenoxy) is 3. The summed E-state index contributed by atoms with van der Waals surface area (Å²) in [5.41, 5.74) is 1.33. The van der Waals surface area contributed by atoms with Gasteiger partial charge < -0.3 is 19.5 Å². The maximum Gasteiger partial charge on any atom is 0.338 e. The van der Waals surface area contributed by atoms with Crippen molar-refractivity contribution in [3.8, 4) is 11.5 Å². The Morgan fingerprint density at radius 3 is 2.50 bits per heavy atom. The Labute approximate surface area is 164 Å². The highest BCUT2D eigenvalue weighted by Gasteiger charge is 2.19. The van der Waals surface area contributed by atoms with Gasteiger partial charge in [-0.1, -0.05) is 43.2 Å². The van der Waals surface area contributed by atoms with Crippen molar-refractivity contribution in [3.05, 3.63) is 59.7 Å². The van der Waals surface area contributed by atoms with Crippen LogP contribution in [0.25, 0.3) is 0 Å². The molecule has 1 saturated carbocycles. The largest absolute Gasteiger partial charge is 0.493 e. The zero-order valence-electron chi connectivity index (χ0n) is 16.0. The highest BCUT2D eigenvalue weighted by atomic mass is 16.5. The minimum absolute atomic E-state index is 0.201. The molecule has 1 aliphatic rings. The van der Waals surface area contributed by atoms with E-state index in [1.54, 1.807) is 18.2 Å². The zero-order chi connectivity index (χ0) is 19.8. The van der Waals surface area contributed by atoms with Crippen LogP contribution in [0.4, 0.5) is 0 Å². The molecule has 0 unspecified atom stereocenters. The van der Waals surface area contributed by atoms with Crippen LogP contribution in [0.5, 0.6) is 11.5 Å². The van der Waals surface area contributed by atoms with Crippen LogP contribution in [-0.4, -0.2) is 31.6 Å². The van der Waals surface area contributed by atoms with Crippen molar-refractivity contribution in [1.82, 2.24) is 5.32 Å². The average Bonchev–Trinajstić information content (AvgIpc) is 3.24. The molecule has 0 spiro atoms. The average molecular weight is 383 g/mol. The van der Waals surface area contributed by atoms with Crippen molar-refractivity contribution in [1.29, 1.82) is 0 Å². The Kier molecular flexibility index (Phi) is 6.89. The lowest BCUT2D eigenvalue weighted by atomic mass is 10.2. The number of carbonyl (C=O) groups is 2. The summed E-state index contributed by atoms with van der Waals surface area (Å²) in [7, 11) is 1.51. The minimum Gasteiger partial charge on any atom is -0.493 e. The van der Waals surface area contributed by atoms with E-state index in [0.717, 1.165) is 31.2 Å². The summed E-state index contributed by atoms with van der Waals surface area (Å²) in [6.45, 7) is 0.103. The first kappa shape index (κ1) is 19.7. The van der Waals surface area contributed by atoms with Crippen molar-refractivity contribution in [2.75, 3.05) is 13.7 Å². The van der Waals surface area contributed by atoms with E-state index in [1.165, 1.54) is 7.11 Å². The van der Waals surface area contributed by atoms with E-state index in [1.807, 2.05) is 30.3 Å². The molecule has 0 aromatic heterocycles.